The molecule has 170 valence electrons. The number of rotatable bonds is 3. The summed E-state index contributed by atoms with van der Waals surface area (Å²) in [6.07, 6.45) is 0. The molecule has 0 aromatic heterocycles. The third kappa shape index (κ3) is 3.06. The van der Waals surface area contributed by atoms with Crippen LogP contribution >= 0.6 is 15.9 Å². The Balaban J connectivity index is 1.54. The van der Waals surface area contributed by atoms with Crippen LogP contribution in [0.1, 0.15) is 22.3 Å². The molecule has 0 N–H and O–H groups in total. The van der Waals surface area contributed by atoms with E-state index in [9.17, 15) is 0 Å². The van der Waals surface area contributed by atoms with Crippen LogP contribution in [0.3, 0.4) is 0 Å². The van der Waals surface area contributed by atoms with Crippen molar-refractivity contribution in [3.63, 3.8) is 0 Å². The van der Waals surface area contributed by atoms with Crippen molar-refractivity contribution in [2.24, 2.45) is 0 Å². The molecule has 0 fully saturated rings. The van der Waals surface area contributed by atoms with Gasteiger partial charge in [0.05, 0.1) is 5.41 Å². The molecule has 1 heteroatoms. The highest BCUT2D eigenvalue weighted by Gasteiger charge is 2.45. The van der Waals surface area contributed by atoms with Gasteiger partial charge in [-0.3, -0.25) is 0 Å². The first kappa shape index (κ1) is 21.4. The monoisotopic (exact) mass is 522 g/mol. The average molecular weight is 523 g/mol. The Hall–Kier alpha value is -3.94. The fourth-order valence-corrected chi connectivity index (χ4v) is 6.56. The first-order valence-corrected chi connectivity index (χ1v) is 13.1. The molecule has 0 bridgehead atoms. The van der Waals surface area contributed by atoms with E-state index in [1.54, 1.807) is 0 Å². The van der Waals surface area contributed by atoms with Crippen LogP contribution in [0, 0.1) is 0 Å². The lowest BCUT2D eigenvalue weighted by Crippen LogP contribution is -2.28. The number of halogens is 1. The van der Waals surface area contributed by atoms with E-state index in [0.29, 0.717) is 0 Å². The van der Waals surface area contributed by atoms with Crippen LogP contribution in [-0.4, -0.2) is 0 Å². The van der Waals surface area contributed by atoms with Crippen LogP contribution in [0.15, 0.2) is 144 Å². The van der Waals surface area contributed by atoms with Crippen LogP contribution < -0.4 is 0 Å². The van der Waals surface area contributed by atoms with Gasteiger partial charge in [0, 0.05) is 4.47 Å². The van der Waals surface area contributed by atoms with Gasteiger partial charge in [-0.1, -0.05) is 143 Å². The topological polar surface area (TPSA) is 0 Å². The Labute approximate surface area is 220 Å². The molecule has 0 saturated carbocycles. The lowest BCUT2D eigenvalue weighted by Gasteiger charge is -2.34. The average Bonchev–Trinajstić information content (AvgIpc) is 3.24. The van der Waals surface area contributed by atoms with E-state index in [-0.39, 0.29) is 5.41 Å². The fourth-order valence-electron chi connectivity index (χ4n) is 6.04. The Bertz CT molecular complexity index is 1700. The highest BCUT2D eigenvalue weighted by atomic mass is 79.9. The zero-order valence-electron chi connectivity index (χ0n) is 19.7. The van der Waals surface area contributed by atoms with Crippen LogP contribution in [0.25, 0.3) is 33.0 Å². The summed E-state index contributed by atoms with van der Waals surface area (Å²) in [4.78, 5) is 0. The van der Waals surface area contributed by atoms with Crippen LogP contribution in [0.4, 0.5) is 0 Å². The Morgan fingerprint density at radius 2 is 0.944 bits per heavy atom. The van der Waals surface area contributed by atoms with Crippen molar-refractivity contribution in [1.29, 1.82) is 0 Å². The zero-order valence-corrected chi connectivity index (χ0v) is 21.2. The van der Waals surface area contributed by atoms with E-state index in [1.807, 2.05) is 0 Å². The molecular formula is C35H23Br. The van der Waals surface area contributed by atoms with Crippen molar-refractivity contribution >= 4 is 26.7 Å². The molecule has 0 aliphatic heterocycles. The van der Waals surface area contributed by atoms with Gasteiger partial charge in [-0.2, -0.15) is 0 Å². The standard InChI is InChI=1S/C35H23Br/c36-34-16-8-5-11-29(34)25-18-20-27(21-19-25)35(28-22-17-24-9-1-2-10-26(24)23-28)32-14-6-3-12-30(32)31-13-4-7-15-33(31)35/h1-23H. The summed E-state index contributed by atoms with van der Waals surface area (Å²) in [5, 5.41) is 2.53. The minimum Gasteiger partial charge on any atom is -0.0619 e. The van der Waals surface area contributed by atoms with Gasteiger partial charge in [0.15, 0.2) is 0 Å². The SMILES string of the molecule is Brc1ccccc1-c1ccc(C2(c3ccc4ccccc4c3)c3ccccc3-c3ccccc32)cc1. The van der Waals surface area contributed by atoms with Gasteiger partial charge in [-0.15, -0.1) is 0 Å². The molecule has 6 aromatic rings. The van der Waals surface area contributed by atoms with E-state index >= 15 is 0 Å². The number of hydrogen-bond acceptors (Lipinski definition) is 0. The molecule has 1 aliphatic rings. The summed E-state index contributed by atoms with van der Waals surface area (Å²) in [5.74, 6) is 0. The van der Waals surface area contributed by atoms with Crippen molar-refractivity contribution in [3.05, 3.63) is 166 Å². The van der Waals surface area contributed by atoms with E-state index < -0.39 is 0 Å². The lowest BCUT2D eigenvalue weighted by molar-refractivity contribution is 0.770. The van der Waals surface area contributed by atoms with E-state index in [2.05, 4.69) is 155 Å². The van der Waals surface area contributed by atoms with Crippen molar-refractivity contribution in [2.45, 2.75) is 5.41 Å². The molecular weight excluding hydrogens is 500 g/mol. The zero-order chi connectivity index (χ0) is 24.1. The van der Waals surface area contributed by atoms with Crippen molar-refractivity contribution in [1.82, 2.24) is 0 Å². The number of hydrogen-bond donors (Lipinski definition) is 0. The summed E-state index contributed by atoms with van der Waals surface area (Å²) in [6, 6.07) is 51.0. The van der Waals surface area contributed by atoms with Crippen LogP contribution in [0.2, 0.25) is 0 Å². The van der Waals surface area contributed by atoms with E-state index in [0.717, 1.165) is 4.47 Å². The van der Waals surface area contributed by atoms with Gasteiger partial charge in [0.25, 0.3) is 0 Å². The molecule has 0 unspecified atom stereocenters. The largest absolute Gasteiger partial charge is 0.0713 e. The molecule has 0 nitrogen and oxygen atoms in total. The molecule has 0 amide bonds. The van der Waals surface area contributed by atoms with Crippen molar-refractivity contribution in [2.75, 3.05) is 0 Å². The number of fused-ring (bicyclic) bond motifs is 4. The summed E-state index contributed by atoms with van der Waals surface area (Å²) >= 11 is 3.73. The molecule has 0 atom stereocenters. The van der Waals surface area contributed by atoms with Gasteiger partial charge >= 0.3 is 0 Å². The molecule has 7 rings (SSSR count). The first-order valence-electron chi connectivity index (χ1n) is 12.3. The van der Waals surface area contributed by atoms with Crippen molar-refractivity contribution < 1.29 is 0 Å². The maximum absolute atomic E-state index is 3.73. The van der Waals surface area contributed by atoms with Gasteiger partial charge in [0.2, 0.25) is 0 Å². The molecule has 1 aliphatic carbocycles. The number of benzene rings is 6. The normalized spacial score (nSPS) is 13.4. The van der Waals surface area contributed by atoms with Gasteiger partial charge in [-0.25, -0.2) is 0 Å². The predicted molar refractivity (Wildman–Crippen MR) is 154 cm³/mol. The second kappa shape index (κ2) is 8.33. The fraction of sp³-hybridized carbons (Fsp3) is 0.0286. The summed E-state index contributed by atoms with van der Waals surface area (Å²) in [6.45, 7) is 0. The van der Waals surface area contributed by atoms with Crippen molar-refractivity contribution in [3.8, 4) is 22.3 Å². The third-order valence-corrected chi connectivity index (χ3v) is 8.33. The minimum absolute atomic E-state index is 0.385. The van der Waals surface area contributed by atoms with Gasteiger partial charge in [0.1, 0.15) is 0 Å². The molecule has 0 radical (unpaired) electrons. The predicted octanol–water partition coefficient (Wildman–Crippen LogP) is 9.63. The van der Waals surface area contributed by atoms with Gasteiger partial charge in [-0.05, 0) is 67.4 Å². The summed E-state index contributed by atoms with van der Waals surface area (Å²) in [5.41, 5.74) is 9.93. The maximum atomic E-state index is 3.73. The second-order valence-electron chi connectivity index (χ2n) is 9.46. The third-order valence-electron chi connectivity index (χ3n) is 7.64. The maximum Gasteiger partial charge on any atom is 0.0713 e. The Morgan fingerprint density at radius 1 is 0.417 bits per heavy atom. The lowest BCUT2D eigenvalue weighted by atomic mass is 9.67. The second-order valence-corrected chi connectivity index (χ2v) is 10.3. The molecule has 0 saturated heterocycles. The smallest absolute Gasteiger partial charge is 0.0619 e. The summed E-state index contributed by atoms with van der Waals surface area (Å²) in [7, 11) is 0. The first-order chi connectivity index (χ1) is 17.8. The molecule has 0 spiro atoms. The highest BCUT2D eigenvalue weighted by molar-refractivity contribution is 9.10. The quantitative estimate of drug-likeness (QED) is 0.216. The van der Waals surface area contributed by atoms with Gasteiger partial charge < -0.3 is 0 Å². The van der Waals surface area contributed by atoms with Crippen LogP contribution in [-0.2, 0) is 5.41 Å². The minimum atomic E-state index is -0.385. The van der Waals surface area contributed by atoms with E-state index in [4.69, 9.17) is 0 Å². The highest BCUT2D eigenvalue weighted by Crippen LogP contribution is 2.56. The molecule has 36 heavy (non-hydrogen) atoms. The Kier molecular flexibility index (Phi) is 4.94. The molecule has 0 heterocycles. The van der Waals surface area contributed by atoms with Crippen LogP contribution in [0.5, 0.6) is 0 Å². The van der Waals surface area contributed by atoms with E-state index in [1.165, 1.54) is 55.3 Å². The summed E-state index contributed by atoms with van der Waals surface area (Å²) < 4.78 is 1.11. The Morgan fingerprint density at radius 3 is 1.61 bits per heavy atom. The molecule has 6 aromatic carbocycles.